The molecule has 0 N–H and O–H groups in total. The molecule has 1 aliphatic rings. The predicted octanol–water partition coefficient (Wildman–Crippen LogP) is 2.35. The van der Waals surface area contributed by atoms with Crippen LogP contribution in [-0.4, -0.2) is 16.6 Å². The number of aromatic nitrogens is 2. The molecule has 14 heavy (non-hydrogen) atoms. The van der Waals surface area contributed by atoms with Gasteiger partial charge < -0.3 is 4.74 Å². The van der Waals surface area contributed by atoms with Crippen molar-refractivity contribution in [3.63, 3.8) is 0 Å². The Bertz CT molecular complexity index is 295. The van der Waals surface area contributed by atoms with Gasteiger partial charge in [0.2, 0.25) is 5.88 Å². The molecule has 3 nitrogen and oxygen atoms in total. The summed E-state index contributed by atoms with van der Waals surface area (Å²) in [5.41, 5.74) is 0.960. The predicted molar refractivity (Wildman–Crippen MR) is 54.2 cm³/mol. The van der Waals surface area contributed by atoms with Gasteiger partial charge in [0, 0.05) is 11.8 Å². The lowest BCUT2D eigenvalue weighted by molar-refractivity contribution is 0.243. The second-order valence-electron chi connectivity index (χ2n) is 3.96. The van der Waals surface area contributed by atoms with Gasteiger partial charge in [0.25, 0.3) is 0 Å². The standard InChI is InChI=1S/C11H16N2O/c1-9-6-11(13-8-12-9)14-7-10-4-2-3-5-10/h6,8,10H,2-5,7H2,1H3. The first-order valence-electron chi connectivity index (χ1n) is 5.26. The molecule has 2 rings (SSSR count). The number of hydrogen-bond acceptors (Lipinski definition) is 3. The lowest BCUT2D eigenvalue weighted by atomic mass is 10.1. The highest BCUT2D eigenvalue weighted by Crippen LogP contribution is 2.25. The van der Waals surface area contributed by atoms with Crippen LogP contribution < -0.4 is 4.74 Å². The van der Waals surface area contributed by atoms with Crippen LogP contribution in [0.3, 0.4) is 0 Å². The summed E-state index contributed by atoms with van der Waals surface area (Å²) in [5.74, 6) is 1.45. The van der Waals surface area contributed by atoms with E-state index in [1.54, 1.807) is 6.33 Å². The minimum atomic E-state index is 0.712. The third kappa shape index (κ3) is 2.44. The Morgan fingerprint density at radius 1 is 1.36 bits per heavy atom. The summed E-state index contributed by atoms with van der Waals surface area (Å²) in [4.78, 5) is 8.10. The molecule has 0 radical (unpaired) electrons. The molecule has 1 aromatic heterocycles. The Balaban J connectivity index is 1.85. The molecule has 1 fully saturated rings. The average Bonchev–Trinajstić information content (AvgIpc) is 2.67. The first kappa shape index (κ1) is 9.44. The highest BCUT2D eigenvalue weighted by molar-refractivity contribution is 5.11. The summed E-state index contributed by atoms with van der Waals surface area (Å²) in [7, 11) is 0. The van der Waals surface area contributed by atoms with Crippen molar-refractivity contribution in [1.29, 1.82) is 0 Å². The van der Waals surface area contributed by atoms with Gasteiger partial charge in [0.15, 0.2) is 0 Å². The second-order valence-corrected chi connectivity index (χ2v) is 3.96. The molecule has 1 aliphatic carbocycles. The molecule has 0 saturated heterocycles. The molecule has 0 atom stereocenters. The third-order valence-electron chi connectivity index (χ3n) is 2.72. The summed E-state index contributed by atoms with van der Waals surface area (Å²) >= 11 is 0. The molecule has 3 heteroatoms. The van der Waals surface area contributed by atoms with Crippen LogP contribution in [0.1, 0.15) is 31.4 Å². The third-order valence-corrected chi connectivity index (χ3v) is 2.72. The normalized spacial score (nSPS) is 17.2. The molecule has 0 spiro atoms. The molecule has 0 bridgehead atoms. The fraction of sp³-hybridized carbons (Fsp3) is 0.636. The van der Waals surface area contributed by atoms with E-state index in [0.717, 1.165) is 18.2 Å². The van der Waals surface area contributed by atoms with Gasteiger partial charge in [-0.05, 0) is 25.7 Å². The molecule has 0 aromatic carbocycles. The molecule has 76 valence electrons. The fourth-order valence-electron chi connectivity index (χ4n) is 1.89. The van der Waals surface area contributed by atoms with Gasteiger partial charge in [-0.15, -0.1) is 0 Å². The maximum Gasteiger partial charge on any atom is 0.216 e. The first-order chi connectivity index (χ1) is 6.84. The van der Waals surface area contributed by atoms with Gasteiger partial charge in [0.1, 0.15) is 6.33 Å². The summed E-state index contributed by atoms with van der Waals surface area (Å²) in [5, 5.41) is 0. The van der Waals surface area contributed by atoms with E-state index in [1.165, 1.54) is 25.7 Å². The van der Waals surface area contributed by atoms with Crippen LogP contribution in [0.15, 0.2) is 12.4 Å². The molecule has 0 amide bonds. The zero-order valence-electron chi connectivity index (χ0n) is 8.57. The lowest BCUT2D eigenvalue weighted by Gasteiger charge is -2.10. The van der Waals surface area contributed by atoms with E-state index >= 15 is 0 Å². The van der Waals surface area contributed by atoms with E-state index in [9.17, 15) is 0 Å². The minimum absolute atomic E-state index is 0.712. The second kappa shape index (κ2) is 4.40. The van der Waals surface area contributed by atoms with Gasteiger partial charge in [-0.3, -0.25) is 0 Å². The number of ether oxygens (including phenoxy) is 1. The van der Waals surface area contributed by atoms with Gasteiger partial charge >= 0.3 is 0 Å². The number of nitrogens with zero attached hydrogens (tertiary/aromatic N) is 2. The van der Waals surface area contributed by atoms with E-state index < -0.39 is 0 Å². The zero-order chi connectivity index (χ0) is 9.80. The number of rotatable bonds is 3. The van der Waals surface area contributed by atoms with Crippen LogP contribution in [0, 0.1) is 12.8 Å². The Kier molecular flexibility index (Phi) is 2.96. The number of hydrogen-bond donors (Lipinski definition) is 0. The Hall–Kier alpha value is -1.12. The fourth-order valence-corrected chi connectivity index (χ4v) is 1.89. The first-order valence-corrected chi connectivity index (χ1v) is 5.26. The van der Waals surface area contributed by atoms with Crippen molar-refractivity contribution in [2.24, 2.45) is 5.92 Å². The van der Waals surface area contributed by atoms with E-state index in [2.05, 4.69) is 9.97 Å². The maximum absolute atomic E-state index is 5.62. The van der Waals surface area contributed by atoms with Gasteiger partial charge in [-0.2, -0.15) is 0 Å². The molecule has 0 unspecified atom stereocenters. The van der Waals surface area contributed by atoms with Crippen molar-refractivity contribution in [2.75, 3.05) is 6.61 Å². The van der Waals surface area contributed by atoms with E-state index in [1.807, 2.05) is 13.0 Å². The monoisotopic (exact) mass is 192 g/mol. The van der Waals surface area contributed by atoms with E-state index in [-0.39, 0.29) is 0 Å². The van der Waals surface area contributed by atoms with Crippen LogP contribution in [0.2, 0.25) is 0 Å². The molecular formula is C11H16N2O. The molecular weight excluding hydrogens is 176 g/mol. The summed E-state index contributed by atoms with van der Waals surface area (Å²) in [6.07, 6.45) is 6.89. The summed E-state index contributed by atoms with van der Waals surface area (Å²) < 4.78 is 5.62. The molecule has 1 heterocycles. The molecule has 1 aromatic rings. The van der Waals surface area contributed by atoms with Gasteiger partial charge in [0.05, 0.1) is 6.61 Å². The van der Waals surface area contributed by atoms with Crippen molar-refractivity contribution in [3.8, 4) is 5.88 Å². The van der Waals surface area contributed by atoms with Crippen molar-refractivity contribution in [1.82, 2.24) is 9.97 Å². The van der Waals surface area contributed by atoms with Crippen LogP contribution in [0.25, 0.3) is 0 Å². The van der Waals surface area contributed by atoms with Gasteiger partial charge in [-0.1, -0.05) is 12.8 Å². The maximum atomic E-state index is 5.62. The highest BCUT2D eigenvalue weighted by atomic mass is 16.5. The van der Waals surface area contributed by atoms with Crippen molar-refractivity contribution >= 4 is 0 Å². The molecule has 1 saturated carbocycles. The van der Waals surface area contributed by atoms with Crippen molar-refractivity contribution < 1.29 is 4.74 Å². The van der Waals surface area contributed by atoms with Crippen LogP contribution in [0.5, 0.6) is 5.88 Å². The minimum Gasteiger partial charge on any atom is -0.477 e. The van der Waals surface area contributed by atoms with E-state index in [0.29, 0.717) is 5.88 Å². The van der Waals surface area contributed by atoms with Crippen molar-refractivity contribution in [2.45, 2.75) is 32.6 Å². The largest absolute Gasteiger partial charge is 0.477 e. The van der Waals surface area contributed by atoms with Crippen LogP contribution >= 0.6 is 0 Å². The highest BCUT2D eigenvalue weighted by Gasteiger charge is 2.15. The smallest absolute Gasteiger partial charge is 0.216 e. The average molecular weight is 192 g/mol. The van der Waals surface area contributed by atoms with Crippen LogP contribution in [-0.2, 0) is 0 Å². The van der Waals surface area contributed by atoms with Crippen molar-refractivity contribution in [3.05, 3.63) is 18.1 Å². The Morgan fingerprint density at radius 2 is 2.14 bits per heavy atom. The zero-order valence-corrected chi connectivity index (χ0v) is 8.57. The quantitative estimate of drug-likeness (QED) is 0.737. The lowest BCUT2D eigenvalue weighted by Crippen LogP contribution is -2.09. The molecule has 0 aliphatic heterocycles. The van der Waals surface area contributed by atoms with Crippen LogP contribution in [0.4, 0.5) is 0 Å². The Labute approximate surface area is 84.5 Å². The SMILES string of the molecule is Cc1cc(OCC2CCCC2)ncn1. The summed E-state index contributed by atoms with van der Waals surface area (Å²) in [6.45, 7) is 2.76. The Morgan fingerprint density at radius 3 is 2.86 bits per heavy atom. The number of aryl methyl sites for hydroxylation is 1. The summed E-state index contributed by atoms with van der Waals surface area (Å²) in [6, 6.07) is 1.88. The van der Waals surface area contributed by atoms with E-state index in [4.69, 9.17) is 4.74 Å². The topological polar surface area (TPSA) is 35.0 Å². The van der Waals surface area contributed by atoms with Gasteiger partial charge in [-0.25, -0.2) is 9.97 Å².